The normalized spacial score (nSPS) is 19.9. The summed E-state index contributed by atoms with van der Waals surface area (Å²) in [4.78, 5) is 33.8. The minimum absolute atomic E-state index is 0.106. The molecule has 0 aromatic carbocycles. The van der Waals surface area contributed by atoms with E-state index in [1.807, 2.05) is 12.1 Å². The highest BCUT2D eigenvalue weighted by atomic mass is 32.2. The Labute approximate surface area is 190 Å². The van der Waals surface area contributed by atoms with Crippen LogP contribution in [-0.2, 0) is 4.79 Å². The summed E-state index contributed by atoms with van der Waals surface area (Å²) in [5.41, 5.74) is 0.716. The molecule has 6 nitrogen and oxygen atoms in total. The molecule has 7 heteroatoms. The Morgan fingerprint density at radius 3 is 2.61 bits per heavy atom. The molecule has 1 aliphatic heterocycles. The summed E-state index contributed by atoms with van der Waals surface area (Å²) in [6.45, 7) is 6.54. The van der Waals surface area contributed by atoms with E-state index in [2.05, 4.69) is 23.6 Å². The molecule has 1 unspecified atom stereocenters. The molecule has 1 aromatic heterocycles. The average Bonchev–Trinajstić information content (AvgIpc) is 2.78. The lowest BCUT2D eigenvalue weighted by atomic mass is 9.93. The maximum Gasteiger partial charge on any atom is 0.303 e. The number of amides is 1. The first kappa shape index (κ1) is 23.9. The number of rotatable bonds is 9. The Kier molecular flexibility index (Phi) is 9.05. The Hall–Kier alpha value is -1.76. The van der Waals surface area contributed by atoms with E-state index in [1.54, 1.807) is 11.8 Å². The Morgan fingerprint density at radius 1 is 1.16 bits per heavy atom. The van der Waals surface area contributed by atoms with Gasteiger partial charge in [-0.3, -0.25) is 9.59 Å². The first-order chi connectivity index (χ1) is 15.0. The number of hydrogen-bond acceptors (Lipinski definition) is 5. The van der Waals surface area contributed by atoms with Crippen molar-refractivity contribution in [1.82, 2.24) is 9.88 Å². The lowest BCUT2D eigenvalue weighted by molar-refractivity contribution is -0.138. The van der Waals surface area contributed by atoms with Crippen molar-refractivity contribution in [1.29, 1.82) is 0 Å². The van der Waals surface area contributed by atoms with Gasteiger partial charge in [0.25, 0.3) is 5.91 Å². The molecular formula is C24H37N3O3S. The average molecular weight is 448 g/mol. The van der Waals surface area contributed by atoms with Crippen LogP contribution in [0.4, 0.5) is 5.82 Å². The second-order valence-electron chi connectivity index (χ2n) is 8.81. The van der Waals surface area contributed by atoms with Crippen molar-refractivity contribution in [2.45, 2.75) is 82.7 Å². The Balaban J connectivity index is 1.82. The van der Waals surface area contributed by atoms with Gasteiger partial charge in [0, 0.05) is 32.1 Å². The van der Waals surface area contributed by atoms with Gasteiger partial charge in [-0.2, -0.15) is 0 Å². The van der Waals surface area contributed by atoms with Crippen molar-refractivity contribution in [3.8, 4) is 0 Å². The van der Waals surface area contributed by atoms with Crippen molar-refractivity contribution in [2.75, 3.05) is 30.3 Å². The van der Waals surface area contributed by atoms with Gasteiger partial charge >= 0.3 is 5.97 Å². The van der Waals surface area contributed by atoms with Gasteiger partial charge in [0.1, 0.15) is 10.8 Å². The topological polar surface area (TPSA) is 73.7 Å². The van der Waals surface area contributed by atoms with Crippen LogP contribution in [0.1, 0.15) is 82.0 Å². The molecule has 1 N–H and O–H groups in total. The van der Waals surface area contributed by atoms with Crippen molar-refractivity contribution in [3.05, 3.63) is 17.7 Å². The molecule has 1 aliphatic carbocycles. The molecule has 1 amide bonds. The molecule has 1 atom stereocenters. The van der Waals surface area contributed by atoms with Crippen LogP contribution in [0.25, 0.3) is 0 Å². The molecule has 172 valence electrons. The van der Waals surface area contributed by atoms with Crippen LogP contribution in [0.15, 0.2) is 17.2 Å². The maximum absolute atomic E-state index is 13.5. The van der Waals surface area contributed by atoms with Crippen molar-refractivity contribution in [3.63, 3.8) is 0 Å². The number of carbonyl (C=O) groups is 2. The summed E-state index contributed by atoms with van der Waals surface area (Å²) < 4.78 is 0. The van der Waals surface area contributed by atoms with Crippen molar-refractivity contribution < 1.29 is 14.7 Å². The fourth-order valence-electron chi connectivity index (χ4n) is 4.88. The zero-order valence-electron chi connectivity index (χ0n) is 19.0. The van der Waals surface area contributed by atoms with Crippen LogP contribution < -0.4 is 4.90 Å². The zero-order chi connectivity index (χ0) is 22.2. The lowest BCUT2D eigenvalue weighted by Crippen LogP contribution is -2.41. The van der Waals surface area contributed by atoms with E-state index >= 15 is 0 Å². The molecule has 2 aliphatic rings. The van der Waals surface area contributed by atoms with Gasteiger partial charge in [0.05, 0.1) is 5.56 Å². The molecule has 1 saturated heterocycles. The standard InChI is InChI=1S/C24H37N3O3S/c1-3-15-31-23-20(24(30)27(4-2)19-10-6-5-7-11-19)12-13-21(25-23)26-14-8-9-18(17-26)16-22(28)29/h12-13,18-19H,3-11,14-17H2,1-2H3,(H,28,29). The minimum Gasteiger partial charge on any atom is -0.481 e. The van der Waals surface area contributed by atoms with Gasteiger partial charge in [0.2, 0.25) is 0 Å². The fraction of sp³-hybridized carbons (Fsp3) is 0.708. The number of carboxylic acids is 1. The molecule has 31 heavy (non-hydrogen) atoms. The molecule has 2 heterocycles. The number of aromatic nitrogens is 1. The minimum atomic E-state index is -0.734. The van der Waals surface area contributed by atoms with Crippen LogP contribution in [-0.4, -0.2) is 58.3 Å². The molecular weight excluding hydrogens is 410 g/mol. The third-order valence-electron chi connectivity index (χ3n) is 6.44. The number of carbonyl (C=O) groups excluding carboxylic acids is 1. The van der Waals surface area contributed by atoms with E-state index in [1.165, 1.54) is 19.3 Å². The quantitative estimate of drug-likeness (QED) is 0.533. The van der Waals surface area contributed by atoms with E-state index in [4.69, 9.17) is 10.1 Å². The largest absolute Gasteiger partial charge is 0.481 e. The predicted octanol–water partition coefficient (Wildman–Crippen LogP) is 5.07. The number of thioether (sulfide) groups is 1. The second-order valence-corrected chi connectivity index (χ2v) is 9.89. The van der Waals surface area contributed by atoms with Crippen LogP contribution in [0.2, 0.25) is 0 Å². The molecule has 0 radical (unpaired) electrons. The molecule has 1 aromatic rings. The van der Waals surface area contributed by atoms with Crippen LogP contribution in [0, 0.1) is 5.92 Å². The van der Waals surface area contributed by atoms with Gasteiger partial charge < -0.3 is 14.9 Å². The van der Waals surface area contributed by atoms with E-state index < -0.39 is 5.97 Å². The van der Waals surface area contributed by atoms with E-state index in [-0.39, 0.29) is 18.2 Å². The predicted molar refractivity (Wildman–Crippen MR) is 126 cm³/mol. The first-order valence-corrected chi connectivity index (χ1v) is 12.9. The molecule has 3 rings (SSSR count). The number of pyridine rings is 1. The maximum atomic E-state index is 13.5. The van der Waals surface area contributed by atoms with Crippen LogP contribution >= 0.6 is 11.8 Å². The molecule has 2 fully saturated rings. The number of piperidine rings is 1. The summed E-state index contributed by atoms with van der Waals surface area (Å²) in [6, 6.07) is 4.25. The Bertz CT molecular complexity index is 752. The van der Waals surface area contributed by atoms with E-state index in [0.29, 0.717) is 18.2 Å². The first-order valence-electron chi connectivity index (χ1n) is 11.9. The second kappa shape index (κ2) is 11.7. The number of aliphatic carboxylic acids is 1. The molecule has 0 bridgehead atoms. The highest BCUT2D eigenvalue weighted by Crippen LogP contribution is 2.31. The van der Waals surface area contributed by atoms with Gasteiger partial charge in [-0.15, -0.1) is 11.8 Å². The molecule has 1 saturated carbocycles. The molecule has 0 spiro atoms. The summed E-state index contributed by atoms with van der Waals surface area (Å²) in [5, 5.41) is 9.98. The highest BCUT2D eigenvalue weighted by Gasteiger charge is 2.28. The van der Waals surface area contributed by atoms with E-state index in [9.17, 15) is 9.59 Å². The Morgan fingerprint density at radius 2 is 1.94 bits per heavy atom. The smallest absolute Gasteiger partial charge is 0.303 e. The summed E-state index contributed by atoms with van der Waals surface area (Å²) in [5.74, 6) is 1.32. The van der Waals surface area contributed by atoms with Crippen molar-refractivity contribution >= 4 is 29.5 Å². The van der Waals surface area contributed by atoms with Crippen LogP contribution in [0.5, 0.6) is 0 Å². The fourth-order valence-corrected chi connectivity index (χ4v) is 5.75. The highest BCUT2D eigenvalue weighted by molar-refractivity contribution is 7.99. The monoisotopic (exact) mass is 447 g/mol. The third kappa shape index (κ3) is 6.37. The summed E-state index contributed by atoms with van der Waals surface area (Å²) in [7, 11) is 0. The lowest BCUT2D eigenvalue weighted by Gasteiger charge is -2.35. The van der Waals surface area contributed by atoms with Gasteiger partial charge in [-0.1, -0.05) is 26.2 Å². The van der Waals surface area contributed by atoms with Gasteiger partial charge in [-0.05, 0) is 62.8 Å². The summed E-state index contributed by atoms with van der Waals surface area (Å²) in [6.07, 6.45) is 9.03. The van der Waals surface area contributed by atoms with Crippen molar-refractivity contribution in [2.24, 2.45) is 5.92 Å². The van der Waals surface area contributed by atoms with E-state index in [0.717, 1.165) is 61.8 Å². The third-order valence-corrected chi connectivity index (χ3v) is 7.64. The number of carboxylic acid groups (broad SMARTS) is 1. The number of anilines is 1. The summed E-state index contributed by atoms with van der Waals surface area (Å²) >= 11 is 1.66. The van der Waals surface area contributed by atoms with Gasteiger partial charge in [0.15, 0.2) is 0 Å². The number of hydrogen-bond donors (Lipinski definition) is 1. The zero-order valence-corrected chi connectivity index (χ0v) is 19.8. The SMILES string of the molecule is CCCSc1nc(N2CCCC(CC(=O)O)C2)ccc1C(=O)N(CC)C1CCCCC1. The van der Waals surface area contributed by atoms with Crippen LogP contribution in [0.3, 0.4) is 0 Å². The van der Waals surface area contributed by atoms with Gasteiger partial charge in [-0.25, -0.2) is 4.98 Å². The number of nitrogens with zero attached hydrogens (tertiary/aromatic N) is 3.